The van der Waals surface area contributed by atoms with Gasteiger partial charge in [-0.1, -0.05) is 35.3 Å². The third-order valence-electron chi connectivity index (χ3n) is 3.22. The lowest BCUT2D eigenvalue weighted by molar-refractivity contribution is -0.123. The van der Waals surface area contributed by atoms with Gasteiger partial charge in [-0.05, 0) is 54.4 Å². The summed E-state index contributed by atoms with van der Waals surface area (Å²) in [6.45, 7) is 2.75. The summed E-state index contributed by atoms with van der Waals surface area (Å²) in [6, 6.07) is 14.8. The van der Waals surface area contributed by atoms with Gasteiger partial charge in [0.2, 0.25) is 0 Å². The maximum absolute atomic E-state index is 11.7. The van der Waals surface area contributed by atoms with Gasteiger partial charge in [0.15, 0.2) is 6.61 Å². The molecule has 132 valence electrons. The van der Waals surface area contributed by atoms with Gasteiger partial charge in [0, 0.05) is 4.47 Å². The minimum Gasteiger partial charge on any atom is -0.494 e. The summed E-state index contributed by atoms with van der Waals surface area (Å²) >= 11 is 3.35. The normalized spacial score (nSPS) is 10.6. The summed E-state index contributed by atoms with van der Waals surface area (Å²) in [5, 5.41) is 3.92. The quantitative estimate of drug-likeness (QED) is 0.387. The number of ether oxygens (including phenoxy) is 2. The van der Waals surface area contributed by atoms with Crippen LogP contribution in [0.25, 0.3) is 0 Å². The number of hydrazone groups is 1. The number of benzene rings is 2. The zero-order chi connectivity index (χ0) is 17.9. The van der Waals surface area contributed by atoms with Crippen molar-refractivity contribution in [1.82, 2.24) is 5.43 Å². The molecule has 2 rings (SSSR count). The minimum atomic E-state index is -0.323. The summed E-state index contributed by atoms with van der Waals surface area (Å²) < 4.78 is 11.9. The van der Waals surface area contributed by atoms with E-state index < -0.39 is 0 Å². The van der Waals surface area contributed by atoms with Crippen molar-refractivity contribution in [3.63, 3.8) is 0 Å². The van der Waals surface area contributed by atoms with Crippen LogP contribution in [0.15, 0.2) is 58.1 Å². The van der Waals surface area contributed by atoms with Crippen molar-refractivity contribution >= 4 is 28.1 Å². The molecule has 0 heterocycles. The molecule has 0 fully saturated rings. The Labute approximate surface area is 156 Å². The first-order chi connectivity index (χ1) is 12.2. The van der Waals surface area contributed by atoms with Crippen LogP contribution < -0.4 is 14.9 Å². The van der Waals surface area contributed by atoms with Crippen LogP contribution in [0, 0.1) is 0 Å². The first-order valence-electron chi connectivity index (χ1n) is 8.10. The van der Waals surface area contributed by atoms with Crippen LogP contribution in [0.2, 0.25) is 0 Å². The van der Waals surface area contributed by atoms with Gasteiger partial charge in [0.05, 0.1) is 12.8 Å². The summed E-state index contributed by atoms with van der Waals surface area (Å²) in [5.74, 6) is 1.12. The molecule has 1 N–H and O–H groups in total. The summed E-state index contributed by atoms with van der Waals surface area (Å²) in [6.07, 6.45) is 3.72. The van der Waals surface area contributed by atoms with Gasteiger partial charge in [-0.3, -0.25) is 4.79 Å². The number of unbranched alkanes of at least 4 members (excludes halogenated alkanes) is 1. The largest absolute Gasteiger partial charge is 0.494 e. The first-order valence-corrected chi connectivity index (χ1v) is 8.90. The molecule has 2 aromatic carbocycles. The lowest BCUT2D eigenvalue weighted by atomic mass is 10.2. The Balaban J connectivity index is 1.73. The fourth-order valence-corrected chi connectivity index (χ4v) is 2.28. The lowest BCUT2D eigenvalue weighted by Gasteiger charge is -2.05. The lowest BCUT2D eigenvalue weighted by Crippen LogP contribution is -2.24. The Hall–Kier alpha value is -2.34. The second-order valence-electron chi connectivity index (χ2n) is 5.31. The number of nitrogens with zero attached hydrogens (tertiary/aromatic N) is 1. The van der Waals surface area contributed by atoms with E-state index in [1.807, 2.05) is 36.4 Å². The van der Waals surface area contributed by atoms with Gasteiger partial charge >= 0.3 is 0 Å². The fraction of sp³-hybridized carbons (Fsp3) is 0.263. The Morgan fingerprint density at radius 3 is 2.68 bits per heavy atom. The van der Waals surface area contributed by atoms with Crippen LogP contribution >= 0.6 is 15.9 Å². The van der Waals surface area contributed by atoms with Gasteiger partial charge in [0.25, 0.3) is 5.91 Å². The molecule has 0 aliphatic carbocycles. The molecule has 0 bridgehead atoms. The number of carbonyl (C=O) groups is 1. The Morgan fingerprint density at radius 1 is 1.16 bits per heavy atom. The summed E-state index contributed by atoms with van der Waals surface area (Å²) in [5.41, 5.74) is 3.31. The fourth-order valence-electron chi connectivity index (χ4n) is 1.90. The molecule has 5 nitrogen and oxygen atoms in total. The van der Waals surface area contributed by atoms with Gasteiger partial charge in [-0.2, -0.15) is 5.10 Å². The molecule has 0 aliphatic heterocycles. The van der Waals surface area contributed by atoms with Crippen LogP contribution in [0.1, 0.15) is 25.3 Å². The predicted molar refractivity (Wildman–Crippen MR) is 102 cm³/mol. The second kappa shape index (κ2) is 10.5. The van der Waals surface area contributed by atoms with Crippen LogP contribution in [-0.2, 0) is 4.79 Å². The highest BCUT2D eigenvalue weighted by Gasteiger charge is 2.01. The molecular weight excluding hydrogens is 384 g/mol. The Bertz CT molecular complexity index is 702. The highest BCUT2D eigenvalue weighted by Crippen LogP contribution is 2.17. The third-order valence-corrected chi connectivity index (χ3v) is 3.71. The molecule has 25 heavy (non-hydrogen) atoms. The zero-order valence-electron chi connectivity index (χ0n) is 14.1. The maximum Gasteiger partial charge on any atom is 0.277 e. The molecule has 0 atom stereocenters. The molecule has 0 radical (unpaired) electrons. The van der Waals surface area contributed by atoms with Crippen LogP contribution in [-0.4, -0.2) is 25.3 Å². The van der Waals surface area contributed by atoms with E-state index in [2.05, 4.69) is 33.4 Å². The minimum absolute atomic E-state index is 0.0992. The molecule has 0 aliphatic rings. The van der Waals surface area contributed by atoms with E-state index in [4.69, 9.17) is 9.47 Å². The second-order valence-corrected chi connectivity index (χ2v) is 6.23. The Morgan fingerprint density at radius 2 is 1.96 bits per heavy atom. The average molecular weight is 405 g/mol. The van der Waals surface area contributed by atoms with Crippen molar-refractivity contribution in [3.05, 3.63) is 58.6 Å². The van der Waals surface area contributed by atoms with E-state index in [0.29, 0.717) is 5.75 Å². The molecule has 0 aromatic heterocycles. The zero-order valence-corrected chi connectivity index (χ0v) is 15.7. The Kier molecular flexibility index (Phi) is 7.98. The molecular formula is C19H21BrN2O3. The molecule has 1 amide bonds. The highest BCUT2D eigenvalue weighted by molar-refractivity contribution is 9.10. The number of nitrogens with one attached hydrogen (secondary N) is 1. The van der Waals surface area contributed by atoms with Crippen LogP contribution in [0.4, 0.5) is 0 Å². The van der Waals surface area contributed by atoms with E-state index in [0.717, 1.165) is 35.2 Å². The number of carbonyl (C=O) groups excluding carboxylic acids is 1. The monoisotopic (exact) mass is 404 g/mol. The topological polar surface area (TPSA) is 59.9 Å². The van der Waals surface area contributed by atoms with Gasteiger partial charge in [-0.15, -0.1) is 0 Å². The average Bonchev–Trinajstić information content (AvgIpc) is 2.62. The van der Waals surface area contributed by atoms with E-state index in [1.165, 1.54) is 0 Å². The number of halogens is 1. The third kappa shape index (κ3) is 7.39. The molecule has 6 heteroatoms. The SMILES string of the molecule is CCCCOc1ccc(C=NNC(=O)COc2cccc(Br)c2)cc1. The molecule has 0 saturated carbocycles. The first kappa shape index (κ1) is 19.0. The van der Waals surface area contributed by atoms with Crippen molar-refractivity contribution in [3.8, 4) is 11.5 Å². The molecule has 0 unspecified atom stereocenters. The van der Waals surface area contributed by atoms with Crippen molar-refractivity contribution in [2.45, 2.75) is 19.8 Å². The standard InChI is InChI=1S/C19H21BrN2O3/c1-2-3-11-24-17-9-7-15(8-10-17)13-21-22-19(23)14-25-18-6-4-5-16(20)12-18/h4-10,12-13H,2-3,11,14H2,1H3,(H,22,23). The summed E-state index contributed by atoms with van der Waals surface area (Å²) in [4.78, 5) is 11.7. The van der Waals surface area contributed by atoms with Crippen LogP contribution in [0.3, 0.4) is 0 Å². The van der Waals surface area contributed by atoms with Gasteiger partial charge in [-0.25, -0.2) is 5.43 Å². The van der Waals surface area contributed by atoms with Crippen molar-refractivity contribution < 1.29 is 14.3 Å². The van der Waals surface area contributed by atoms with Crippen molar-refractivity contribution in [2.75, 3.05) is 13.2 Å². The van der Waals surface area contributed by atoms with E-state index in [9.17, 15) is 4.79 Å². The molecule has 0 saturated heterocycles. The highest BCUT2D eigenvalue weighted by atomic mass is 79.9. The van der Waals surface area contributed by atoms with E-state index in [1.54, 1.807) is 18.3 Å². The number of hydrogen-bond acceptors (Lipinski definition) is 4. The molecule has 0 spiro atoms. The van der Waals surface area contributed by atoms with E-state index in [-0.39, 0.29) is 12.5 Å². The number of hydrogen-bond donors (Lipinski definition) is 1. The maximum atomic E-state index is 11.7. The van der Waals surface area contributed by atoms with Crippen molar-refractivity contribution in [2.24, 2.45) is 5.10 Å². The number of amides is 1. The van der Waals surface area contributed by atoms with Crippen LogP contribution in [0.5, 0.6) is 11.5 Å². The molecule has 2 aromatic rings. The van der Waals surface area contributed by atoms with E-state index >= 15 is 0 Å². The number of rotatable bonds is 9. The summed E-state index contributed by atoms with van der Waals surface area (Å²) in [7, 11) is 0. The smallest absolute Gasteiger partial charge is 0.277 e. The van der Waals surface area contributed by atoms with Crippen molar-refractivity contribution in [1.29, 1.82) is 0 Å². The van der Waals surface area contributed by atoms with Gasteiger partial charge in [0.1, 0.15) is 11.5 Å². The predicted octanol–water partition coefficient (Wildman–Crippen LogP) is 4.16. The van der Waals surface area contributed by atoms with Gasteiger partial charge < -0.3 is 9.47 Å².